The van der Waals surface area contributed by atoms with Crippen molar-refractivity contribution in [3.8, 4) is 6.07 Å². The van der Waals surface area contributed by atoms with Crippen molar-refractivity contribution in [2.75, 3.05) is 11.9 Å². The highest BCUT2D eigenvalue weighted by Gasteiger charge is 2.03. The number of nitriles is 1. The Hall–Kier alpha value is -2.34. The number of pyridine rings is 1. The topological polar surface area (TPSA) is 39.9 Å². The fourth-order valence-corrected chi connectivity index (χ4v) is 1.85. The molecule has 0 unspecified atom stereocenters. The second-order valence-corrected chi connectivity index (χ2v) is 4.36. The lowest BCUT2D eigenvalue weighted by Gasteiger charge is -2.19. The minimum atomic E-state index is 0.447. The molecule has 0 aliphatic carbocycles. The average molecular weight is 237 g/mol. The molecule has 1 heterocycles. The van der Waals surface area contributed by atoms with Crippen molar-refractivity contribution in [3.63, 3.8) is 0 Å². The van der Waals surface area contributed by atoms with Gasteiger partial charge in [-0.15, -0.1) is 0 Å². The second kappa shape index (κ2) is 5.33. The maximum Gasteiger partial charge on any atom is 0.140 e. The Bertz CT molecular complexity index is 567. The Balaban J connectivity index is 2.12. The monoisotopic (exact) mass is 237 g/mol. The van der Waals surface area contributed by atoms with Crippen LogP contribution in [0.1, 0.15) is 16.8 Å². The number of benzene rings is 1. The van der Waals surface area contributed by atoms with Gasteiger partial charge in [0.2, 0.25) is 0 Å². The lowest BCUT2D eigenvalue weighted by atomic mass is 10.1. The standard InChI is InChI=1S/C15H15N3/c1-12-4-3-5-13(8-12)11-18(2)15-7-6-14(9-16)17-10-15/h3-8,10H,11H2,1-2H3. The molecule has 0 radical (unpaired) electrons. The first-order valence-corrected chi connectivity index (χ1v) is 5.82. The molecule has 3 heteroatoms. The summed E-state index contributed by atoms with van der Waals surface area (Å²) in [4.78, 5) is 6.19. The van der Waals surface area contributed by atoms with Crippen LogP contribution >= 0.6 is 0 Å². The van der Waals surface area contributed by atoms with Crippen molar-refractivity contribution >= 4 is 5.69 Å². The molecule has 0 N–H and O–H groups in total. The van der Waals surface area contributed by atoms with E-state index < -0.39 is 0 Å². The fraction of sp³-hybridized carbons (Fsp3) is 0.200. The summed E-state index contributed by atoms with van der Waals surface area (Å²) in [5, 5.41) is 8.71. The molecule has 0 fully saturated rings. The van der Waals surface area contributed by atoms with Gasteiger partial charge in [-0.2, -0.15) is 5.26 Å². The minimum absolute atomic E-state index is 0.447. The zero-order valence-electron chi connectivity index (χ0n) is 10.6. The Kier molecular flexibility index (Phi) is 3.59. The van der Waals surface area contributed by atoms with E-state index in [2.05, 4.69) is 41.1 Å². The van der Waals surface area contributed by atoms with Gasteiger partial charge in [-0.25, -0.2) is 4.98 Å². The lowest BCUT2D eigenvalue weighted by Crippen LogP contribution is -2.16. The van der Waals surface area contributed by atoms with Crippen molar-refractivity contribution in [3.05, 3.63) is 59.4 Å². The molecule has 1 aromatic carbocycles. The second-order valence-electron chi connectivity index (χ2n) is 4.36. The molecule has 90 valence electrons. The van der Waals surface area contributed by atoms with E-state index in [9.17, 15) is 0 Å². The summed E-state index contributed by atoms with van der Waals surface area (Å²) < 4.78 is 0. The molecule has 1 aromatic heterocycles. The number of aromatic nitrogens is 1. The zero-order chi connectivity index (χ0) is 13.0. The largest absolute Gasteiger partial charge is 0.369 e. The number of aryl methyl sites for hydroxylation is 1. The molecule has 0 bridgehead atoms. The van der Waals surface area contributed by atoms with E-state index in [1.165, 1.54) is 11.1 Å². The third-order valence-corrected chi connectivity index (χ3v) is 2.81. The Morgan fingerprint density at radius 2 is 2.11 bits per heavy atom. The molecule has 0 aliphatic heterocycles. The van der Waals surface area contributed by atoms with Gasteiger partial charge in [0.05, 0.1) is 11.9 Å². The van der Waals surface area contributed by atoms with Crippen LogP contribution in [0.3, 0.4) is 0 Å². The van der Waals surface area contributed by atoms with Crippen molar-refractivity contribution in [1.29, 1.82) is 5.26 Å². The number of hydrogen-bond donors (Lipinski definition) is 0. The van der Waals surface area contributed by atoms with Crippen LogP contribution in [0.25, 0.3) is 0 Å². The molecular weight excluding hydrogens is 222 g/mol. The first kappa shape index (κ1) is 12.1. The van der Waals surface area contributed by atoms with Crippen molar-refractivity contribution in [2.45, 2.75) is 13.5 Å². The van der Waals surface area contributed by atoms with Gasteiger partial charge >= 0.3 is 0 Å². The average Bonchev–Trinajstić information content (AvgIpc) is 2.39. The highest BCUT2D eigenvalue weighted by molar-refractivity contribution is 5.45. The van der Waals surface area contributed by atoms with E-state index >= 15 is 0 Å². The molecule has 18 heavy (non-hydrogen) atoms. The molecule has 0 spiro atoms. The number of hydrogen-bond acceptors (Lipinski definition) is 3. The molecule has 0 aliphatic rings. The summed E-state index contributed by atoms with van der Waals surface area (Å²) in [6, 6.07) is 14.1. The molecule has 0 atom stereocenters. The van der Waals surface area contributed by atoms with Gasteiger partial charge in [-0.3, -0.25) is 0 Å². The molecule has 2 aromatic rings. The van der Waals surface area contributed by atoms with Crippen LogP contribution in [0.15, 0.2) is 42.6 Å². The molecular formula is C15H15N3. The molecule has 2 rings (SSSR count). The number of anilines is 1. The molecule has 3 nitrogen and oxygen atoms in total. The number of nitrogens with zero attached hydrogens (tertiary/aromatic N) is 3. The van der Waals surface area contributed by atoms with Gasteiger partial charge in [0, 0.05) is 13.6 Å². The Labute approximate surface area is 107 Å². The summed E-state index contributed by atoms with van der Waals surface area (Å²) in [6.45, 7) is 2.92. The fourth-order valence-electron chi connectivity index (χ4n) is 1.85. The highest BCUT2D eigenvalue weighted by Crippen LogP contribution is 2.15. The SMILES string of the molecule is Cc1cccc(CN(C)c2ccc(C#N)nc2)c1. The van der Waals surface area contributed by atoms with Crippen LogP contribution < -0.4 is 4.90 Å². The third kappa shape index (κ3) is 2.86. The van der Waals surface area contributed by atoms with E-state index in [1.807, 2.05) is 19.2 Å². The summed E-state index contributed by atoms with van der Waals surface area (Å²) in [5.41, 5.74) is 3.99. The quantitative estimate of drug-likeness (QED) is 0.824. The Morgan fingerprint density at radius 3 is 2.72 bits per heavy atom. The number of rotatable bonds is 3. The first-order chi connectivity index (χ1) is 8.69. The van der Waals surface area contributed by atoms with E-state index in [-0.39, 0.29) is 0 Å². The van der Waals surface area contributed by atoms with Crippen LogP contribution in [0.5, 0.6) is 0 Å². The maximum absolute atomic E-state index is 8.71. The van der Waals surface area contributed by atoms with Gasteiger partial charge in [0.1, 0.15) is 11.8 Å². The molecule has 0 saturated carbocycles. The van der Waals surface area contributed by atoms with Crippen molar-refractivity contribution in [2.24, 2.45) is 0 Å². The van der Waals surface area contributed by atoms with Crippen LogP contribution in [0.2, 0.25) is 0 Å². The van der Waals surface area contributed by atoms with E-state index in [0.29, 0.717) is 5.69 Å². The van der Waals surface area contributed by atoms with Crippen LogP contribution in [0.4, 0.5) is 5.69 Å². The van der Waals surface area contributed by atoms with Crippen molar-refractivity contribution < 1.29 is 0 Å². The van der Waals surface area contributed by atoms with Crippen LogP contribution in [0, 0.1) is 18.3 Å². The Morgan fingerprint density at radius 1 is 1.28 bits per heavy atom. The van der Waals surface area contributed by atoms with Crippen molar-refractivity contribution in [1.82, 2.24) is 4.98 Å². The third-order valence-electron chi connectivity index (χ3n) is 2.81. The summed E-state index contributed by atoms with van der Waals surface area (Å²) in [6.07, 6.45) is 1.73. The smallest absolute Gasteiger partial charge is 0.140 e. The highest BCUT2D eigenvalue weighted by atomic mass is 15.1. The normalized spacial score (nSPS) is 9.83. The van der Waals surface area contributed by atoms with E-state index in [1.54, 1.807) is 12.3 Å². The van der Waals surface area contributed by atoms with Gasteiger partial charge < -0.3 is 4.90 Å². The van der Waals surface area contributed by atoms with Crippen LogP contribution in [-0.4, -0.2) is 12.0 Å². The van der Waals surface area contributed by atoms with E-state index in [4.69, 9.17) is 5.26 Å². The summed E-state index contributed by atoms with van der Waals surface area (Å²) >= 11 is 0. The predicted molar refractivity (Wildman–Crippen MR) is 72.2 cm³/mol. The van der Waals surface area contributed by atoms with E-state index in [0.717, 1.165) is 12.2 Å². The predicted octanol–water partition coefficient (Wildman–Crippen LogP) is 2.90. The molecule has 0 amide bonds. The zero-order valence-corrected chi connectivity index (χ0v) is 10.6. The van der Waals surface area contributed by atoms with Crippen LogP contribution in [-0.2, 0) is 6.54 Å². The van der Waals surface area contributed by atoms with Gasteiger partial charge in [0.15, 0.2) is 0 Å². The van der Waals surface area contributed by atoms with Gasteiger partial charge in [-0.1, -0.05) is 29.8 Å². The summed E-state index contributed by atoms with van der Waals surface area (Å²) in [7, 11) is 2.02. The van der Waals surface area contributed by atoms with Gasteiger partial charge in [0.25, 0.3) is 0 Å². The lowest BCUT2D eigenvalue weighted by molar-refractivity contribution is 0.916. The first-order valence-electron chi connectivity index (χ1n) is 5.82. The molecule has 0 saturated heterocycles. The summed E-state index contributed by atoms with van der Waals surface area (Å²) in [5.74, 6) is 0. The van der Waals surface area contributed by atoms with Gasteiger partial charge in [-0.05, 0) is 24.6 Å². The minimum Gasteiger partial charge on any atom is -0.369 e. The maximum atomic E-state index is 8.71.